The molecular formula is C26H28N6O2. The zero-order valence-corrected chi connectivity index (χ0v) is 19.4. The highest BCUT2D eigenvalue weighted by Crippen LogP contribution is 2.32. The van der Waals surface area contributed by atoms with E-state index in [0.717, 1.165) is 24.0 Å². The first-order valence-electron chi connectivity index (χ1n) is 11.7. The van der Waals surface area contributed by atoms with Crippen LogP contribution < -0.4 is 10.6 Å². The average Bonchev–Trinajstić information content (AvgIpc) is 3.67. The lowest BCUT2D eigenvalue weighted by Gasteiger charge is -2.31. The maximum Gasteiger partial charge on any atom is 0.228 e. The molecule has 1 saturated heterocycles. The number of amides is 2. The molecule has 0 spiro atoms. The Labute approximate surface area is 198 Å². The highest BCUT2D eigenvalue weighted by molar-refractivity contribution is 5.96. The van der Waals surface area contributed by atoms with E-state index < -0.39 is 0 Å². The summed E-state index contributed by atoms with van der Waals surface area (Å²) < 4.78 is 0. The molecule has 1 unspecified atom stereocenters. The summed E-state index contributed by atoms with van der Waals surface area (Å²) >= 11 is 0. The molecule has 2 amide bonds. The average molecular weight is 457 g/mol. The third-order valence-electron chi connectivity index (χ3n) is 6.46. The number of nitrogens with zero attached hydrogens (tertiary/aromatic N) is 4. The Hall–Kier alpha value is -3.81. The number of aromatic nitrogens is 3. The lowest BCUT2D eigenvalue weighted by molar-refractivity contribution is -0.139. The molecule has 8 nitrogen and oxygen atoms in total. The number of carbonyl (C=O) groups excluding carboxylic acids is 2. The zero-order valence-electron chi connectivity index (χ0n) is 19.4. The van der Waals surface area contributed by atoms with Gasteiger partial charge in [0.25, 0.3) is 0 Å². The Bertz CT molecular complexity index is 1200. The summed E-state index contributed by atoms with van der Waals surface area (Å²) in [6.45, 7) is 4.56. The maximum atomic E-state index is 12.9. The van der Waals surface area contributed by atoms with Crippen molar-refractivity contribution in [2.75, 3.05) is 17.2 Å². The molecule has 1 aromatic carbocycles. The van der Waals surface area contributed by atoms with Gasteiger partial charge in [-0.05, 0) is 44.7 Å². The molecule has 3 heterocycles. The minimum Gasteiger partial charge on any atom is -0.340 e. The molecule has 1 aliphatic heterocycles. The van der Waals surface area contributed by atoms with Crippen LogP contribution in [0.2, 0.25) is 0 Å². The second-order valence-electron chi connectivity index (χ2n) is 9.14. The zero-order chi connectivity index (χ0) is 23.7. The Balaban J connectivity index is 1.23. The molecule has 1 atom stereocenters. The van der Waals surface area contributed by atoms with Gasteiger partial charge in [-0.2, -0.15) is 0 Å². The van der Waals surface area contributed by atoms with Gasteiger partial charge in [-0.1, -0.05) is 29.8 Å². The van der Waals surface area contributed by atoms with Crippen LogP contribution in [-0.2, 0) is 9.59 Å². The first-order valence-corrected chi connectivity index (χ1v) is 11.7. The predicted molar refractivity (Wildman–Crippen MR) is 131 cm³/mol. The van der Waals surface area contributed by atoms with E-state index in [2.05, 4.69) is 44.6 Å². The van der Waals surface area contributed by atoms with Gasteiger partial charge in [0, 0.05) is 42.9 Å². The molecular weight excluding hydrogens is 428 g/mol. The summed E-state index contributed by atoms with van der Waals surface area (Å²) in [5, 5.41) is 6.12. The molecule has 2 N–H and O–H groups in total. The van der Waals surface area contributed by atoms with Crippen molar-refractivity contribution in [2.24, 2.45) is 5.92 Å². The van der Waals surface area contributed by atoms with Crippen LogP contribution in [0.15, 0.2) is 48.9 Å². The van der Waals surface area contributed by atoms with Crippen LogP contribution in [0.5, 0.6) is 0 Å². The fraction of sp³-hybridized carbons (Fsp3) is 0.346. The second kappa shape index (κ2) is 9.21. The van der Waals surface area contributed by atoms with Gasteiger partial charge < -0.3 is 15.5 Å². The summed E-state index contributed by atoms with van der Waals surface area (Å²) in [7, 11) is 0. The molecule has 0 radical (unpaired) electrons. The van der Waals surface area contributed by atoms with E-state index >= 15 is 0 Å². The van der Waals surface area contributed by atoms with Gasteiger partial charge in [0.1, 0.15) is 0 Å². The SMILES string of the molecule is Cc1ccc(-c2cnc(Nc3cnc(C)c(NC(=O)C4CCN(C5CC5)C(=O)C4)c3)nc2)cc1. The number of aryl methyl sites for hydroxylation is 2. The molecule has 8 heteroatoms. The number of pyridine rings is 1. The van der Waals surface area contributed by atoms with E-state index in [-0.39, 0.29) is 24.2 Å². The molecule has 174 valence electrons. The highest BCUT2D eigenvalue weighted by Gasteiger charge is 2.38. The molecule has 2 fully saturated rings. The number of hydrogen-bond donors (Lipinski definition) is 2. The van der Waals surface area contributed by atoms with Gasteiger partial charge in [-0.25, -0.2) is 9.97 Å². The number of carbonyl (C=O) groups is 2. The highest BCUT2D eigenvalue weighted by atomic mass is 16.2. The molecule has 1 saturated carbocycles. The van der Waals surface area contributed by atoms with Gasteiger partial charge in [0.05, 0.1) is 23.3 Å². The van der Waals surface area contributed by atoms with Crippen molar-refractivity contribution in [3.8, 4) is 11.1 Å². The van der Waals surface area contributed by atoms with Crippen molar-refractivity contribution in [3.63, 3.8) is 0 Å². The van der Waals surface area contributed by atoms with E-state index in [1.165, 1.54) is 5.56 Å². The largest absolute Gasteiger partial charge is 0.340 e. The number of hydrogen-bond acceptors (Lipinski definition) is 6. The van der Waals surface area contributed by atoms with Crippen LogP contribution in [0.4, 0.5) is 17.3 Å². The van der Waals surface area contributed by atoms with E-state index in [1.807, 2.05) is 30.0 Å². The maximum absolute atomic E-state index is 12.9. The summed E-state index contributed by atoms with van der Waals surface area (Å²) in [5.41, 5.74) is 5.18. The lowest BCUT2D eigenvalue weighted by atomic mass is 9.95. The standard InChI is InChI=1S/C26H28N6O2/c1-16-3-5-18(6-4-16)20-13-28-26(29-14-20)30-21-12-23(17(2)27-15-21)31-25(34)19-9-10-32(22-7-8-22)24(33)11-19/h3-6,12-15,19,22H,7-11H2,1-2H3,(H,31,34)(H,28,29,30). The Morgan fingerprint density at radius 2 is 1.71 bits per heavy atom. The van der Waals surface area contributed by atoms with Crippen molar-refractivity contribution in [1.82, 2.24) is 19.9 Å². The van der Waals surface area contributed by atoms with Gasteiger partial charge >= 0.3 is 0 Å². The van der Waals surface area contributed by atoms with Crippen LogP contribution >= 0.6 is 0 Å². The molecule has 34 heavy (non-hydrogen) atoms. The molecule has 5 rings (SSSR count). The number of rotatable bonds is 6. The monoisotopic (exact) mass is 456 g/mol. The van der Waals surface area contributed by atoms with E-state index in [4.69, 9.17) is 0 Å². The van der Waals surface area contributed by atoms with Crippen LogP contribution in [0.3, 0.4) is 0 Å². The quantitative estimate of drug-likeness (QED) is 0.576. The van der Waals surface area contributed by atoms with Gasteiger partial charge in [0.2, 0.25) is 17.8 Å². The van der Waals surface area contributed by atoms with Gasteiger partial charge in [-0.15, -0.1) is 0 Å². The van der Waals surface area contributed by atoms with Crippen LogP contribution in [-0.4, -0.2) is 44.3 Å². The third kappa shape index (κ3) is 4.90. The number of piperidine rings is 1. The summed E-state index contributed by atoms with van der Waals surface area (Å²) in [4.78, 5) is 40.4. The molecule has 1 aliphatic carbocycles. The van der Waals surface area contributed by atoms with Crippen LogP contribution in [0.25, 0.3) is 11.1 Å². The third-order valence-corrected chi connectivity index (χ3v) is 6.46. The fourth-order valence-corrected chi connectivity index (χ4v) is 4.23. The number of likely N-dealkylation sites (tertiary alicyclic amines) is 1. The first kappa shape index (κ1) is 22.0. The van der Waals surface area contributed by atoms with Crippen molar-refractivity contribution in [2.45, 2.75) is 45.6 Å². The molecule has 2 aliphatic rings. The molecule has 3 aromatic rings. The lowest BCUT2D eigenvalue weighted by Crippen LogP contribution is -2.43. The van der Waals surface area contributed by atoms with Crippen LogP contribution in [0.1, 0.15) is 36.9 Å². The minimum atomic E-state index is -0.309. The first-order chi connectivity index (χ1) is 16.5. The fourth-order valence-electron chi connectivity index (χ4n) is 4.23. The van der Waals surface area contributed by atoms with Crippen molar-refractivity contribution in [1.29, 1.82) is 0 Å². The molecule has 2 aromatic heterocycles. The predicted octanol–water partition coefficient (Wildman–Crippen LogP) is 4.24. The summed E-state index contributed by atoms with van der Waals surface area (Å²) in [6.07, 6.45) is 8.37. The second-order valence-corrected chi connectivity index (χ2v) is 9.14. The minimum absolute atomic E-state index is 0.0883. The number of nitrogens with one attached hydrogen (secondary N) is 2. The Morgan fingerprint density at radius 1 is 0.971 bits per heavy atom. The molecule has 0 bridgehead atoms. The van der Waals surface area contributed by atoms with Gasteiger partial charge in [-0.3, -0.25) is 14.6 Å². The van der Waals surface area contributed by atoms with E-state index in [9.17, 15) is 9.59 Å². The summed E-state index contributed by atoms with van der Waals surface area (Å²) in [5.74, 6) is 0.0861. The Morgan fingerprint density at radius 3 is 2.38 bits per heavy atom. The van der Waals surface area contributed by atoms with Gasteiger partial charge in [0.15, 0.2) is 0 Å². The van der Waals surface area contributed by atoms with Crippen molar-refractivity contribution >= 4 is 29.1 Å². The number of anilines is 3. The number of benzene rings is 1. The Kier molecular flexibility index (Phi) is 5.96. The normalized spacial score (nSPS) is 18.0. The summed E-state index contributed by atoms with van der Waals surface area (Å²) in [6, 6.07) is 10.4. The van der Waals surface area contributed by atoms with E-state index in [0.29, 0.717) is 42.0 Å². The van der Waals surface area contributed by atoms with Crippen molar-refractivity contribution < 1.29 is 9.59 Å². The van der Waals surface area contributed by atoms with Crippen molar-refractivity contribution in [3.05, 3.63) is 60.2 Å². The van der Waals surface area contributed by atoms with Crippen LogP contribution in [0, 0.1) is 19.8 Å². The smallest absolute Gasteiger partial charge is 0.228 e. The van der Waals surface area contributed by atoms with E-state index in [1.54, 1.807) is 18.6 Å². The topological polar surface area (TPSA) is 100 Å².